The maximum Gasteiger partial charge on any atom is 0.231 e. The first-order valence-corrected chi connectivity index (χ1v) is 11.0. The second kappa shape index (κ2) is 7.64. The third kappa shape index (κ3) is 3.02. The standard InChI is InChI=1S/C22H27NO9/c24-7-15-18(26)19(27)20(28)22(31-15)32-21-12(25)3-9-1-2-23-6-10-4-13-14(30-8-29-13)5-11(10)16(21)17(9)23/h3-5,12,15-22,24-28H,1-2,6-8H2/t12-,15+,16+,17-,18+,19+,20-,21+,22-/m0/s1. The van der Waals surface area contributed by atoms with E-state index in [1.807, 2.05) is 18.2 Å². The monoisotopic (exact) mass is 449 g/mol. The fourth-order valence-electron chi connectivity index (χ4n) is 5.83. The molecule has 6 rings (SSSR count). The largest absolute Gasteiger partial charge is 0.454 e. The summed E-state index contributed by atoms with van der Waals surface area (Å²) in [5.74, 6) is 1.07. The SMILES string of the molecule is OC[C@H]1O[C@@H](O[C@H]2[C@@H]3c4cc5c(cc4CN4CCC(=C[C@@H]2O)[C@@H]34)OCO5)[C@@H](O)[C@H](O)[C@@H]1O. The van der Waals surface area contributed by atoms with E-state index in [4.69, 9.17) is 18.9 Å². The molecule has 1 aromatic rings. The average Bonchev–Trinajstić information content (AvgIpc) is 3.41. The zero-order chi connectivity index (χ0) is 22.1. The first kappa shape index (κ1) is 20.8. The lowest BCUT2D eigenvalue weighted by atomic mass is 9.73. The Morgan fingerprint density at radius 1 is 1.03 bits per heavy atom. The van der Waals surface area contributed by atoms with Gasteiger partial charge in [-0.15, -0.1) is 0 Å². The molecule has 0 bridgehead atoms. The Morgan fingerprint density at radius 3 is 2.59 bits per heavy atom. The lowest BCUT2D eigenvalue weighted by Crippen LogP contribution is -2.61. The highest BCUT2D eigenvalue weighted by atomic mass is 16.7. The molecule has 0 radical (unpaired) electrons. The molecule has 0 amide bonds. The lowest BCUT2D eigenvalue weighted by Gasteiger charge is -2.48. The highest BCUT2D eigenvalue weighted by Gasteiger charge is 2.52. The van der Waals surface area contributed by atoms with E-state index >= 15 is 0 Å². The van der Waals surface area contributed by atoms with Gasteiger partial charge in [0.2, 0.25) is 6.79 Å². The van der Waals surface area contributed by atoms with Gasteiger partial charge in [-0.3, -0.25) is 4.90 Å². The van der Waals surface area contributed by atoms with Crippen LogP contribution in [0.1, 0.15) is 23.5 Å². The van der Waals surface area contributed by atoms with Crippen LogP contribution in [0.5, 0.6) is 11.5 Å². The second-order valence-corrected chi connectivity index (χ2v) is 9.13. The Kier molecular flexibility index (Phi) is 4.97. The Labute approximate surface area is 184 Å². The quantitative estimate of drug-likeness (QED) is 0.349. The van der Waals surface area contributed by atoms with E-state index in [9.17, 15) is 25.5 Å². The molecule has 0 aromatic heterocycles. The van der Waals surface area contributed by atoms with Crippen molar-refractivity contribution in [2.75, 3.05) is 19.9 Å². The smallest absolute Gasteiger partial charge is 0.231 e. The minimum atomic E-state index is -1.55. The Balaban J connectivity index is 1.37. The van der Waals surface area contributed by atoms with E-state index < -0.39 is 49.5 Å². The van der Waals surface area contributed by atoms with E-state index in [0.717, 1.165) is 36.2 Å². The molecule has 9 atom stereocenters. The maximum absolute atomic E-state index is 11.0. The fourth-order valence-corrected chi connectivity index (χ4v) is 5.83. The minimum Gasteiger partial charge on any atom is -0.454 e. The van der Waals surface area contributed by atoms with Crippen molar-refractivity contribution in [2.24, 2.45) is 0 Å². The third-order valence-corrected chi connectivity index (χ3v) is 7.38. The summed E-state index contributed by atoms with van der Waals surface area (Å²) in [6.07, 6.45) is -6.05. The van der Waals surface area contributed by atoms with Crippen molar-refractivity contribution in [3.8, 4) is 11.5 Å². The molecule has 1 aromatic carbocycles. The summed E-state index contributed by atoms with van der Waals surface area (Å²) in [6, 6.07) is 3.94. The number of hydrogen-bond acceptors (Lipinski definition) is 10. The average molecular weight is 449 g/mol. The van der Waals surface area contributed by atoms with Gasteiger partial charge in [0.15, 0.2) is 17.8 Å². The topological polar surface area (TPSA) is 141 Å². The molecule has 0 saturated carbocycles. The lowest BCUT2D eigenvalue weighted by molar-refractivity contribution is -0.318. The van der Waals surface area contributed by atoms with Gasteiger partial charge in [0.1, 0.15) is 24.4 Å². The number of ether oxygens (including phenoxy) is 4. The Hall–Kier alpha value is -1.76. The number of aliphatic hydroxyl groups is 5. The van der Waals surface area contributed by atoms with Crippen LogP contribution in [-0.2, 0) is 16.0 Å². The summed E-state index contributed by atoms with van der Waals surface area (Å²) in [4.78, 5) is 2.34. The highest BCUT2D eigenvalue weighted by Crippen LogP contribution is 2.50. The predicted octanol–water partition coefficient (Wildman–Crippen LogP) is -1.43. The van der Waals surface area contributed by atoms with Crippen LogP contribution < -0.4 is 9.47 Å². The van der Waals surface area contributed by atoms with Gasteiger partial charge in [0, 0.05) is 25.0 Å². The van der Waals surface area contributed by atoms with Gasteiger partial charge >= 0.3 is 0 Å². The van der Waals surface area contributed by atoms with E-state index in [-0.39, 0.29) is 18.8 Å². The predicted molar refractivity (Wildman–Crippen MR) is 107 cm³/mol. The first-order valence-electron chi connectivity index (χ1n) is 11.0. The molecule has 1 aliphatic carbocycles. The van der Waals surface area contributed by atoms with E-state index in [1.165, 1.54) is 0 Å². The van der Waals surface area contributed by atoms with Gasteiger partial charge in [0.25, 0.3) is 0 Å². The van der Waals surface area contributed by atoms with Gasteiger partial charge in [-0.25, -0.2) is 0 Å². The van der Waals surface area contributed by atoms with Gasteiger partial charge in [-0.1, -0.05) is 11.6 Å². The fraction of sp³-hybridized carbons (Fsp3) is 0.636. The normalized spacial score (nSPS) is 42.4. The zero-order valence-corrected chi connectivity index (χ0v) is 17.3. The molecule has 4 aliphatic heterocycles. The Morgan fingerprint density at radius 2 is 1.81 bits per heavy atom. The van der Waals surface area contributed by atoms with Crippen LogP contribution >= 0.6 is 0 Å². The van der Waals surface area contributed by atoms with Crippen molar-refractivity contribution in [2.45, 2.75) is 67.8 Å². The van der Waals surface area contributed by atoms with Crippen LogP contribution in [-0.4, -0.2) is 99.3 Å². The molecule has 5 aliphatic rings. The first-order chi connectivity index (χ1) is 15.5. The molecule has 2 saturated heterocycles. The van der Waals surface area contributed by atoms with Gasteiger partial charge in [0.05, 0.1) is 18.8 Å². The van der Waals surface area contributed by atoms with Crippen LogP contribution in [0.25, 0.3) is 0 Å². The molecule has 4 heterocycles. The van der Waals surface area contributed by atoms with Crippen LogP contribution in [0.15, 0.2) is 23.8 Å². The minimum absolute atomic E-state index is 0.0288. The molecule has 0 unspecified atom stereocenters. The van der Waals surface area contributed by atoms with Crippen molar-refractivity contribution in [1.29, 1.82) is 0 Å². The highest BCUT2D eigenvalue weighted by molar-refractivity contribution is 5.53. The molecular weight excluding hydrogens is 422 g/mol. The molecule has 2 fully saturated rings. The summed E-state index contributed by atoms with van der Waals surface area (Å²) in [7, 11) is 0. The van der Waals surface area contributed by atoms with Crippen LogP contribution in [0.4, 0.5) is 0 Å². The maximum atomic E-state index is 11.0. The van der Waals surface area contributed by atoms with Gasteiger partial charge in [-0.2, -0.15) is 0 Å². The van der Waals surface area contributed by atoms with Crippen molar-refractivity contribution in [1.82, 2.24) is 4.90 Å². The number of benzene rings is 1. The van der Waals surface area contributed by atoms with Gasteiger partial charge in [-0.05, 0) is 29.7 Å². The number of nitrogens with zero attached hydrogens (tertiary/aromatic N) is 1. The molecule has 174 valence electrons. The zero-order valence-electron chi connectivity index (χ0n) is 17.3. The van der Waals surface area contributed by atoms with Crippen molar-refractivity contribution in [3.63, 3.8) is 0 Å². The number of rotatable bonds is 3. The van der Waals surface area contributed by atoms with Gasteiger partial charge < -0.3 is 44.5 Å². The summed E-state index contributed by atoms with van der Waals surface area (Å²) >= 11 is 0. The molecule has 32 heavy (non-hydrogen) atoms. The molecule has 10 heteroatoms. The summed E-state index contributed by atoms with van der Waals surface area (Å²) in [6.45, 7) is 1.22. The number of aliphatic hydroxyl groups excluding tert-OH is 5. The van der Waals surface area contributed by atoms with E-state index in [1.54, 1.807) is 0 Å². The Bertz CT molecular complexity index is 936. The van der Waals surface area contributed by atoms with Crippen molar-refractivity contribution >= 4 is 0 Å². The molecule has 5 N–H and O–H groups in total. The van der Waals surface area contributed by atoms with Crippen molar-refractivity contribution in [3.05, 3.63) is 34.9 Å². The van der Waals surface area contributed by atoms with Crippen LogP contribution in [0.2, 0.25) is 0 Å². The van der Waals surface area contributed by atoms with E-state index in [2.05, 4.69) is 4.90 Å². The summed E-state index contributed by atoms with van der Waals surface area (Å²) in [5.41, 5.74) is 3.20. The third-order valence-electron chi connectivity index (χ3n) is 7.38. The second-order valence-electron chi connectivity index (χ2n) is 9.13. The number of fused-ring (bicyclic) bond motifs is 3. The molecule has 10 nitrogen and oxygen atoms in total. The molecular formula is C22H27NO9. The summed E-state index contributed by atoms with van der Waals surface area (Å²) < 4.78 is 22.8. The number of hydrogen-bond donors (Lipinski definition) is 5. The van der Waals surface area contributed by atoms with Crippen LogP contribution in [0.3, 0.4) is 0 Å². The van der Waals surface area contributed by atoms with E-state index in [0.29, 0.717) is 11.5 Å². The summed E-state index contributed by atoms with van der Waals surface area (Å²) in [5, 5.41) is 51.3. The van der Waals surface area contributed by atoms with Crippen molar-refractivity contribution < 1.29 is 44.5 Å². The molecule has 0 spiro atoms. The van der Waals surface area contributed by atoms with Crippen LogP contribution in [0, 0.1) is 0 Å².